The molecule has 258 valence electrons. The Hall–Kier alpha value is -1.10. The largest absolute Gasteiger partial charge is 0.344 e. The summed E-state index contributed by atoms with van der Waals surface area (Å²) in [6.07, 6.45) is 38.5. The van der Waals surface area contributed by atoms with Crippen LogP contribution in [0.2, 0.25) is 0 Å². The van der Waals surface area contributed by atoms with Crippen LogP contribution >= 0.6 is 0 Å². The Morgan fingerprint density at radius 1 is 0.465 bits per heavy atom. The van der Waals surface area contributed by atoms with Crippen molar-refractivity contribution < 1.29 is 14.4 Å². The number of hydrogen-bond donors (Lipinski definition) is 2. The van der Waals surface area contributed by atoms with Crippen LogP contribution < -0.4 is 11.6 Å². The van der Waals surface area contributed by atoms with Gasteiger partial charge in [0.1, 0.15) is 0 Å². The van der Waals surface area contributed by atoms with Gasteiger partial charge in [-0.25, -0.2) is 4.79 Å². The Bertz CT molecular complexity index is 598. The molecule has 0 aromatic carbocycles. The van der Waals surface area contributed by atoms with Crippen molar-refractivity contribution in [1.29, 1.82) is 0 Å². The van der Waals surface area contributed by atoms with E-state index in [4.69, 9.17) is 4.84 Å². The van der Waals surface area contributed by atoms with Crippen LogP contribution in [-0.2, 0) is 14.4 Å². The van der Waals surface area contributed by atoms with Crippen LogP contribution in [-0.4, -0.2) is 11.9 Å². The summed E-state index contributed by atoms with van der Waals surface area (Å²) in [4.78, 5) is 30.4. The highest BCUT2D eigenvalue weighted by molar-refractivity contribution is 5.80. The van der Waals surface area contributed by atoms with E-state index in [1.165, 1.54) is 154 Å². The van der Waals surface area contributed by atoms with Crippen molar-refractivity contribution in [2.75, 3.05) is 0 Å². The Labute approximate surface area is 269 Å². The fourth-order valence-electron chi connectivity index (χ4n) is 6.17. The first kappa shape index (κ1) is 44.0. The molecule has 5 heteroatoms. The van der Waals surface area contributed by atoms with Gasteiger partial charge in [-0.3, -0.25) is 4.79 Å². The summed E-state index contributed by atoms with van der Waals surface area (Å²) in [6.45, 7) is 8.68. The maximum absolute atomic E-state index is 12.9. The second kappa shape index (κ2) is 33.8. The molecule has 0 rings (SSSR count). The van der Waals surface area contributed by atoms with Gasteiger partial charge in [-0.2, -0.15) is 5.48 Å². The lowest BCUT2D eigenvalue weighted by Gasteiger charge is -2.26. The van der Waals surface area contributed by atoms with Crippen molar-refractivity contribution in [3.8, 4) is 0 Å². The van der Waals surface area contributed by atoms with Crippen molar-refractivity contribution in [1.82, 2.24) is 11.6 Å². The second-order valence-corrected chi connectivity index (χ2v) is 13.6. The summed E-state index contributed by atoms with van der Waals surface area (Å²) in [5, 5.41) is 0. The summed E-state index contributed by atoms with van der Waals surface area (Å²) < 4.78 is 0. The lowest BCUT2D eigenvalue weighted by atomic mass is 9.80. The fraction of sp³-hybridized carbons (Fsp3) is 0.947. The Morgan fingerprint density at radius 3 is 1.14 bits per heavy atom. The topological polar surface area (TPSA) is 90.4 Å². The molecular formula is C38H78N2O3. The minimum Gasteiger partial charge on any atom is -0.344 e. The molecule has 0 aliphatic heterocycles. The zero-order valence-electron chi connectivity index (χ0n) is 29.9. The van der Waals surface area contributed by atoms with Gasteiger partial charge in [0.05, 0.1) is 5.41 Å². The van der Waals surface area contributed by atoms with Crippen molar-refractivity contribution in [2.24, 2.45) is 5.41 Å². The van der Waals surface area contributed by atoms with E-state index in [1.807, 2.05) is 6.92 Å². The quantitative estimate of drug-likeness (QED) is 0.0585. The number of hydrogen-bond acceptors (Lipinski definition) is 4. The second-order valence-electron chi connectivity index (χ2n) is 13.6. The Kier molecular flexibility index (Phi) is 34.6. The third-order valence-electron chi connectivity index (χ3n) is 9.14. The molecule has 1 unspecified atom stereocenters. The predicted octanol–water partition coefficient (Wildman–Crippen LogP) is 12.9. The molecule has 0 aliphatic carbocycles. The van der Waals surface area contributed by atoms with Crippen LogP contribution in [0.1, 0.15) is 227 Å². The van der Waals surface area contributed by atoms with E-state index < -0.39 is 5.41 Å². The van der Waals surface area contributed by atoms with Crippen molar-refractivity contribution in [3.05, 3.63) is 0 Å². The summed E-state index contributed by atoms with van der Waals surface area (Å²) in [5.41, 5.74) is 1.95. The number of hydroxylamine groups is 1. The summed E-state index contributed by atoms with van der Waals surface area (Å²) in [5.74, 6) is -0.431. The van der Waals surface area contributed by atoms with Crippen LogP contribution in [0.5, 0.6) is 0 Å². The SMILES string of the molecule is CCCCCCCCCCCCCCCCCC(=O)NOC(=O)C(C)(CCC)CCCCCCCCCCCCCC.N. The molecule has 0 saturated heterocycles. The van der Waals surface area contributed by atoms with Gasteiger partial charge in [-0.1, -0.05) is 194 Å². The molecule has 1 atom stereocenters. The van der Waals surface area contributed by atoms with E-state index in [0.717, 1.165) is 38.5 Å². The van der Waals surface area contributed by atoms with E-state index in [1.54, 1.807) is 0 Å². The molecule has 1 amide bonds. The highest BCUT2D eigenvalue weighted by atomic mass is 16.7. The summed E-state index contributed by atoms with van der Waals surface area (Å²) in [6, 6.07) is 0. The zero-order chi connectivity index (χ0) is 31.0. The molecule has 5 nitrogen and oxygen atoms in total. The van der Waals surface area contributed by atoms with E-state index in [9.17, 15) is 9.59 Å². The van der Waals surface area contributed by atoms with Gasteiger partial charge < -0.3 is 11.0 Å². The Morgan fingerprint density at radius 2 is 0.791 bits per heavy atom. The maximum atomic E-state index is 12.9. The average Bonchev–Trinajstić information content (AvgIpc) is 2.98. The fourth-order valence-corrected chi connectivity index (χ4v) is 6.17. The average molecular weight is 611 g/mol. The lowest BCUT2D eigenvalue weighted by Crippen LogP contribution is -2.36. The number of unbranched alkanes of at least 4 members (excludes halogenated alkanes) is 25. The first-order valence-corrected chi connectivity index (χ1v) is 19.0. The number of rotatable bonds is 32. The van der Waals surface area contributed by atoms with Gasteiger partial charge in [0.25, 0.3) is 5.91 Å². The number of amides is 1. The molecule has 0 spiro atoms. The molecule has 0 aromatic heterocycles. The highest BCUT2D eigenvalue weighted by Gasteiger charge is 2.34. The third-order valence-corrected chi connectivity index (χ3v) is 9.14. The van der Waals surface area contributed by atoms with Gasteiger partial charge in [0, 0.05) is 6.42 Å². The molecule has 0 radical (unpaired) electrons. The standard InChI is InChI=1S/C38H75NO3.H3N/c1-5-8-10-12-14-16-18-20-21-22-23-25-27-29-31-33-36(40)39-42-37(41)38(4,34-7-3)35-32-30-28-26-24-19-17-15-13-11-9-6-2;/h5-35H2,1-4H3,(H,39,40);1H3. The van der Waals surface area contributed by atoms with E-state index >= 15 is 0 Å². The molecule has 0 fully saturated rings. The summed E-state index contributed by atoms with van der Waals surface area (Å²) >= 11 is 0. The van der Waals surface area contributed by atoms with Gasteiger partial charge in [0.2, 0.25) is 0 Å². The van der Waals surface area contributed by atoms with Crippen LogP contribution in [0.15, 0.2) is 0 Å². The van der Waals surface area contributed by atoms with Gasteiger partial charge >= 0.3 is 5.97 Å². The number of carbonyl (C=O) groups is 2. The van der Waals surface area contributed by atoms with Gasteiger partial charge in [-0.05, 0) is 26.2 Å². The lowest BCUT2D eigenvalue weighted by molar-refractivity contribution is -0.168. The highest BCUT2D eigenvalue weighted by Crippen LogP contribution is 2.32. The molecule has 0 saturated carbocycles. The van der Waals surface area contributed by atoms with Gasteiger partial charge in [0.15, 0.2) is 0 Å². The maximum Gasteiger partial charge on any atom is 0.338 e. The smallest absolute Gasteiger partial charge is 0.338 e. The van der Waals surface area contributed by atoms with E-state index in [2.05, 4.69) is 26.3 Å². The van der Waals surface area contributed by atoms with Crippen LogP contribution in [0.3, 0.4) is 0 Å². The summed E-state index contributed by atoms with van der Waals surface area (Å²) in [7, 11) is 0. The number of nitrogens with one attached hydrogen (secondary N) is 1. The van der Waals surface area contributed by atoms with Crippen molar-refractivity contribution >= 4 is 11.9 Å². The molecule has 0 heterocycles. The predicted molar refractivity (Wildman–Crippen MR) is 188 cm³/mol. The minimum atomic E-state index is -0.505. The van der Waals surface area contributed by atoms with E-state index in [0.29, 0.717) is 6.42 Å². The molecule has 0 aliphatic rings. The molecule has 0 aromatic rings. The molecule has 0 bridgehead atoms. The molecular weight excluding hydrogens is 532 g/mol. The van der Waals surface area contributed by atoms with Crippen molar-refractivity contribution in [3.63, 3.8) is 0 Å². The van der Waals surface area contributed by atoms with Gasteiger partial charge in [-0.15, -0.1) is 0 Å². The molecule has 43 heavy (non-hydrogen) atoms. The van der Waals surface area contributed by atoms with E-state index in [-0.39, 0.29) is 18.0 Å². The first-order chi connectivity index (χ1) is 20.5. The number of carbonyl (C=O) groups excluding carboxylic acids is 2. The van der Waals surface area contributed by atoms with Crippen LogP contribution in [0.25, 0.3) is 0 Å². The molecule has 4 N–H and O–H groups in total. The normalized spacial score (nSPS) is 12.5. The minimum absolute atomic E-state index is 0. The van der Waals surface area contributed by atoms with Crippen LogP contribution in [0, 0.1) is 5.41 Å². The third kappa shape index (κ3) is 29.4. The first-order valence-electron chi connectivity index (χ1n) is 19.0. The zero-order valence-corrected chi connectivity index (χ0v) is 29.9. The van der Waals surface area contributed by atoms with Crippen molar-refractivity contribution in [2.45, 2.75) is 227 Å². The Balaban J connectivity index is 0. The monoisotopic (exact) mass is 611 g/mol. The van der Waals surface area contributed by atoms with Crippen LogP contribution in [0.4, 0.5) is 0 Å².